The zero-order valence-electron chi connectivity index (χ0n) is 18.0. The fourth-order valence-corrected chi connectivity index (χ4v) is 3.78. The molecule has 4 aromatic rings. The van der Waals surface area contributed by atoms with Crippen molar-refractivity contribution in [3.05, 3.63) is 112 Å². The van der Waals surface area contributed by atoms with Gasteiger partial charge in [0, 0.05) is 11.8 Å². The van der Waals surface area contributed by atoms with Gasteiger partial charge in [0.2, 0.25) is 0 Å². The van der Waals surface area contributed by atoms with Gasteiger partial charge in [-0.25, -0.2) is 9.99 Å². The van der Waals surface area contributed by atoms with Crippen LogP contribution in [0.5, 0.6) is 0 Å². The third-order valence-corrected chi connectivity index (χ3v) is 5.82. The van der Waals surface area contributed by atoms with Crippen molar-refractivity contribution in [3.8, 4) is 11.1 Å². The molecule has 1 amide bonds. The first-order valence-electron chi connectivity index (χ1n) is 10.3. The Morgan fingerprint density at radius 1 is 0.941 bits per heavy atom. The number of amides is 1. The summed E-state index contributed by atoms with van der Waals surface area (Å²) in [6.45, 7) is 1.93. The summed E-state index contributed by atoms with van der Waals surface area (Å²) < 4.78 is 40.7. The molecule has 0 unspecified atom stereocenters. The van der Waals surface area contributed by atoms with E-state index in [9.17, 15) is 18.0 Å². The topological polar surface area (TPSA) is 45.2 Å². The molecule has 0 spiro atoms. The summed E-state index contributed by atoms with van der Waals surface area (Å²) in [5.74, 6) is -0.252. The lowest BCUT2D eigenvalue weighted by Crippen LogP contribution is -2.37. The van der Waals surface area contributed by atoms with Crippen LogP contribution in [-0.2, 0) is 6.18 Å². The third-order valence-electron chi connectivity index (χ3n) is 5.18. The minimum Gasteiger partial charge on any atom is -0.273 e. The zero-order chi connectivity index (χ0) is 24.3. The second-order valence-electron chi connectivity index (χ2n) is 7.53. The van der Waals surface area contributed by atoms with Gasteiger partial charge in [-0.3, -0.25) is 10.2 Å². The second-order valence-corrected chi connectivity index (χ2v) is 8.38. The van der Waals surface area contributed by atoms with Crippen LogP contribution in [0.25, 0.3) is 11.1 Å². The first-order chi connectivity index (χ1) is 16.2. The van der Waals surface area contributed by atoms with Gasteiger partial charge < -0.3 is 0 Å². The maximum absolute atomic E-state index is 13.7. The van der Waals surface area contributed by atoms with Crippen LogP contribution < -0.4 is 10.4 Å². The number of aryl methyl sites for hydroxylation is 1. The van der Waals surface area contributed by atoms with Gasteiger partial charge in [-0.15, -0.1) is 0 Å². The van der Waals surface area contributed by atoms with E-state index in [4.69, 9.17) is 0 Å². The largest absolute Gasteiger partial charge is 0.416 e. The lowest BCUT2D eigenvalue weighted by atomic mass is 9.98. The Bertz CT molecular complexity index is 1330. The van der Waals surface area contributed by atoms with Gasteiger partial charge in [-0.2, -0.15) is 13.2 Å². The molecule has 0 saturated carbocycles. The molecule has 0 aliphatic rings. The first-order valence-corrected chi connectivity index (χ1v) is 11.1. The van der Waals surface area contributed by atoms with Crippen LogP contribution in [0.3, 0.4) is 0 Å². The molecular weight excluding hydrogens is 507 g/mol. The van der Waals surface area contributed by atoms with E-state index in [1.807, 2.05) is 43.3 Å². The van der Waals surface area contributed by atoms with Crippen molar-refractivity contribution in [1.82, 2.24) is 4.98 Å². The Labute approximate surface area is 203 Å². The Morgan fingerprint density at radius 2 is 1.71 bits per heavy atom. The van der Waals surface area contributed by atoms with Crippen LogP contribution in [0.15, 0.2) is 95.6 Å². The molecule has 172 valence electrons. The van der Waals surface area contributed by atoms with E-state index in [1.54, 1.807) is 24.3 Å². The molecular formula is C26H19BrF3N3O. The summed E-state index contributed by atoms with van der Waals surface area (Å²) >= 11 is 3.36. The minimum absolute atomic E-state index is 0.0271. The molecule has 34 heavy (non-hydrogen) atoms. The van der Waals surface area contributed by atoms with Gasteiger partial charge in [0.05, 0.1) is 15.7 Å². The quantitative estimate of drug-likeness (QED) is 0.274. The molecule has 0 radical (unpaired) electrons. The Hall–Kier alpha value is -3.65. The smallest absolute Gasteiger partial charge is 0.273 e. The van der Waals surface area contributed by atoms with Crippen LogP contribution in [0, 0.1) is 6.92 Å². The number of carbonyl (C=O) groups excluding carboxylic acids is 1. The molecule has 4 rings (SSSR count). The van der Waals surface area contributed by atoms with Crippen molar-refractivity contribution in [2.45, 2.75) is 13.1 Å². The summed E-state index contributed by atoms with van der Waals surface area (Å²) in [6, 6.07) is 22.8. The highest BCUT2D eigenvalue weighted by Crippen LogP contribution is 2.33. The van der Waals surface area contributed by atoms with E-state index >= 15 is 0 Å². The SMILES string of the molecule is Cc1ccc(C(=O)N(Nc2ncccc2Br)c2cccc(C(F)(F)F)c2)cc1-c1ccccc1. The van der Waals surface area contributed by atoms with Crippen molar-refractivity contribution in [1.29, 1.82) is 0 Å². The number of anilines is 2. The van der Waals surface area contributed by atoms with E-state index in [-0.39, 0.29) is 11.5 Å². The standard InChI is InChI=1S/C26H19BrF3N3O/c1-17-12-13-19(15-22(17)18-7-3-2-4-8-18)25(34)33(32-24-23(27)11-6-14-31-24)21-10-5-9-20(16-21)26(28,29)30/h2-16H,1H3,(H,31,32). The number of hydrazine groups is 1. The number of hydrogen-bond donors (Lipinski definition) is 1. The van der Waals surface area contributed by atoms with Gasteiger partial charge in [-0.1, -0.05) is 42.5 Å². The van der Waals surface area contributed by atoms with Crippen LogP contribution in [-0.4, -0.2) is 10.9 Å². The Morgan fingerprint density at radius 3 is 2.41 bits per heavy atom. The maximum atomic E-state index is 13.7. The number of alkyl halides is 3. The van der Waals surface area contributed by atoms with Crippen LogP contribution in [0.2, 0.25) is 0 Å². The summed E-state index contributed by atoms with van der Waals surface area (Å²) in [4.78, 5) is 17.9. The first kappa shape index (κ1) is 23.5. The van der Waals surface area contributed by atoms with E-state index in [0.29, 0.717) is 10.0 Å². The van der Waals surface area contributed by atoms with Gasteiger partial charge in [0.1, 0.15) is 0 Å². The Balaban J connectivity index is 1.80. The molecule has 0 aliphatic heterocycles. The van der Waals surface area contributed by atoms with Crippen LogP contribution in [0.1, 0.15) is 21.5 Å². The van der Waals surface area contributed by atoms with E-state index in [0.717, 1.165) is 33.8 Å². The zero-order valence-corrected chi connectivity index (χ0v) is 19.6. The normalized spacial score (nSPS) is 11.2. The summed E-state index contributed by atoms with van der Waals surface area (Å²) in [6.07, 6.45) is -3.04. The fraction of sp³-hybridized carbons (Fsp3) is 0.0769. The van der Waals surface area contributed by atoms with Gasteiger partial charge >= 0.3 is 6.18 Å². The number of hydrogen-bond acceptors (Lipinski definition) is 3. The Kier molecular flexibility index (Phi) is 6.70. The second kappa shape index (κ2) is 9.69. The maximum Gasteiger partial charge on any atom is 0.416 e. The average molecular weight is 526 g/mol. The molecule has 0 saturated heterocycles. The van der Waals surface area contributed by atoms with Crippen molar-refractivity contribution < 1.29 is 18.0 Å². The molecule has 1 heterocycles. The average Bonchev–Trinajstić information content (AvgIpc) is 2.83. The molecule has 0 aliphatic carbocycles. The van der Waals surface area contributed by atoms with Crippen LogP contribution in [0.4, 0.5) is 24.7 Å². The molecule has 0 fully saturated rings. The number of rotatable bonds is 5. The number of nitrogens with zero attached hydrogens (tertiary/aromatic N) is 2. The molecule has 1 N–H and O–H groups in total. The van der Waals surface area contributed by atoms with Gasteiger partial charge in [0.25, 0.3) is 5.91 Å². The number of nitrogens with one attached hydrogen (secondary N) is 1. The lowest BCUT2D eigenvalue weighted by Gasteiger charge is -2.25. The molecule has 0 bridgehead atoms. The predicted molar refractivity (Wildman–Crippen MR) is 130 cm³/mol. The number of halogens is 4. The number of benzene rings is 3. The van der Waals surface area contributed by atoms with E-state index in [1.165, 1.54) is 18.3 Å². The fourth-order valence-electron chi connectivity index (χ4n) is 3.44. The van der Waals surface area contributed by atoms with Gasteiger partial charge in [-0.05, 0) is 82.0 Å². The summed E-state index contributed by atoms with van der Waals surface area (Å²) in [5, 5.41) is 1.07. The number of pyridine rings is 1. The highest BCUT2D eigenvalue weighted by molar-refractivity contribution is 9.10. The van der Waals surface area contributed by atoms with Crippen molar-refractivity contribution >= 4 is 33.3 Å². The van der Waals surface area contributed by atoms with Crippen molar-refractivity contribution in [2.75, 3.05) is 10.4 Å². The molecule has 8 heteroatoms. The van der Waals surface area contributed by atoms with Crippen molar-refractivity contribution in [3.63, 3.8) is 0 Å². The lowest BCUT2D eigenvalue weighted by molar-refractivity contribution is -0.137. The number of aromatic nitrogens is 1. The van der Waals surface area contributed by atoms with E-state index in [2.05, 4.69) is 26.3 Å². The molecule has 3 aromatic carbocycles. The monoisotopic (exact) mass is 525 g/mol. The van der Waals surface area contributed by atoms with Crippen molar-refractivity contribution in [2.24, 2.45) is 0 Å². The molecule has 1 aromatic heterocycles. The van der Waals surface area contributed by atoms with Crippen LogP contribution >= 0.6 is 15.9 Å². The highest BCUT2D eigenvalue weighted by atomic mass is 79.9. The number of carbonyl (C=O) groups is 1. The summed E-state index contributed by atoms with van der Waals surface area (Å²) in [7, 11) is 0. The molecule has 0 atom stereocenters. The molecule has 4 nitrogen and oxygen atoms in total. The predicted octanol–water partition coefficient (Wildman–Crippen LogP) is 7.51. The van der Waals surface area contributed by atoms with Gasteiger partial charge in [0.15, 0.2) is 5.82 Å². The minimum atomic E-state index is -4.55. The summed E-state index contributed by atoms with van der Waals surface area (Å²) in [5.41, 5.74) is 5.10. The van der Waals surface area contributed by atoms with E-state index < -0.39 is 17.6 Å². The third kappa shape index (κ3) is 5.12. The highest BCUT2D eigenvalue weighted by Gasteiger charge is 2.31.